The second kappa shape index (κ2) is 19.2. The van der Waals surface area contributed by atoms with Crippen molar-refractivity contribution in [2.75, 3.05) is 0 Å². The lowest BCUT2D eigenvalue weighted by atomic mass is 9.60. The third-order valence-corrected chi connectivity index (χ3v) is 16.9. The van der Waals surface area contributed by atoms with Gasteiger partial charge in [-0.15, -0.1) is 0 Å². The van der Waals surface area contributed by atoms with Crippen LogP contribution in [0.5, 0.6) is 0 Å². The van der Waals surface area contributed by atoms with Crippen molar-refractivity contribution in [1.82, 2.24) is 0 Å². The highest BCUT2D eigenvalue weighted by molar-refractivity contribution is 6.89. The first kappa shape index (κ1) is 47.7. The first-order chi connectivity index (χ1) is 39.9. The number of benzene rings is 16. The van der Waals surface area contributed by atoms with Crippen molar-refractivity contribution >= 4 is 180 Å². The summed E-state index contributed by atoms with van der Waals surface area (Å²) in [6, 6.07) is 94.5. The Morgan fingerprint density at radius 3 is 0.765 bits per heavy atom. The zero-order chi connectivity index (χ0) is 53.7. The first-order valence-corrected chi connectivity index (χ1v) is 27.6. The molecule has 0 spiro atoms. The molecule has 1 aliphatic heterocycles. The first-order valence-electron chi connectivity index (χ1n) is 27.6. The van der Waals surface area contributed by atoms with E-state index < -0.39 is 28.5 Å². The molecule has 81 heavy (non-hydrogen) atoms. The number of hydrogen-bond donors (Lipinski definition) is 2. The molecular formula is C72H46B4O5. The molecule has 0 saturated carbocycles. The predicted octanol–water partition coefficient (Wildman–Crippen LogP) is 14.4. The van der Waals surface area contributed by atoms with Crippen LogP contribution >= 0.6 is 0 Å². The van der Waals surface area contributed by atoms with Crippen molar-refractivity contribution in [1.29, 1.82) is 0 Å². The van der Waals surface area contributed by atoms with Gasteiger partial charge in [0, 0.05) is 0 Å². The van der Waals surface area contributed by atoms with Crippen LogP contribution in [-0.2, 0) is 13.7 Å². The number of hydrogen-bond acceptors (Lipinski definition) is 5. The van der Waals surface area contributed by atoms with E-state index in [9.17, 15) is 10.0 Å². The minimum atomic E-state index is -1.45. The molecule has 0 bridgehead atoms. The molecule has 0 aliphatic carbocycles. The van der Waals surface area contributed by atoms with E-state index in [0.29, 0.717) is 5.46 Å². The summed E-state index contributed by atoms with van der Waals surface area (Å²) in [4.78, 5) is 0. The second-order valence-corrected chi connectivity index (χ2v) is 21.5. The van der Waals surface area contributed by atoms with E-state index >= 15 is 0 Å². The summed E-state index contributed by atoms with van der Waals surface area (Å²) < 4.78 is 21.2. The molecule has 16 aromatic rings. The molecule has 376 valence electrons. The van der Waals surface area contributed by atoms with Gasteiger partial charge in [-0.25, -0.2) is 0 Å². The highest BCUT2D eigenvalue weighted by Gasteiger charge is 2.45. The normalized spacial score (nSPS) is 13.1. The molecule has 0 amide bonds. The van der Waals surface area contributed by atoms with Gasteiger partial charge < -0.3 is 23.8 Å². The maximum Gasteiger partial charge on any atom is 0.489 e. The van der Waals surface area contributed by atoms with Crippen molar-refractivity contribution < 1.29 is 23.8 Å². The van der Waals surface area contributed by atoms with Gasteiger partial charge >= 0.3 is 28.5 Å². The molecule has 17 rings (SSSR count). The van der Waals surface area contributed by atoms with E-state index in [1.54, 1.807) is 6.07 Å². The summed E-state index contributed by atoms with van der Waals surface area (Å²) in [6.07, 6.45) is 0. The molecule has 0 atom stereocenters. The van der Waals surface area contributed by atoms with Gasteiger partial charge in [0.05, 0.1) is 0 Å². The standard InChI is InChI=1S/C54H33B3O3.C18H13BO2/c1-4-13-37-31-49-40(28-34(37)10-1)22-25-46-43(49)16-7-19-52(46)55-58-56(53-20-8-17-44-47(53)26-23-41-29-35-11-2-5-14-38(35)32-50(41)44)60-57(59-55)54-21-9-18-45-48(54)27-24-42-30-36-12-3-6-15-39(36)33-51(42)45;20-19(21)18-7-3-6-15-16(18)9-8-14-10-12-4-1-2-5-13(12)11-17(14)15/h1-33H;1-11,20-21H. The van der Waals surface area contributed by atoms with E-state index in [4.69, 9.17) is 13.7 Å². The van der Waals surface area contributed by atoms with Gasteiger partial charge in [0.25, 0.3) is 0 Å². The van der Waals surface area contributed by atoms with Gasteiger partial charge in [0.15, 0.2) is 0 Å². The Morgan fingerprint density at radius 1 is 0.210 bits per heavy atom. The average molecular weight is 1030 g/mol. The van der Waals surface area contributed by atoms with Gasteiger partial charge in [-0.2, -0.15) is 0 Å². The van der Waals surface area contributed by atoms with E-state index in [0.717, 1.165) is 70.3 Å². The van der Waals surface area contributed by atoms with Crippen LogP contribution in [0.25, 0.3) is 129 Å². The molecule has 1 fully saturated rings. The van der Waals surface area contributed by atoms with Crippen molar-refractivity contribution in [3.63, 3.8) is 0 Å². The maximum atomic E-state index is 9.52. The second-order valence-electron chi connectivity index (χ2n) is 21.5. The average Bonchev–Trinajstić information content (AvgIpc) is 3.61. The molecule has 1 aliphatic rings. The third kappa shape index (κ3) is 8.12. The van der Waals surface area contributed by atoms with Crippen molar-refractivity contribution in [2.45, 2.75) is 0 Å². The van der Waals surface area contributed by atoms with Crippen LogP contribution < -0.4 is 21.9 Å². The number of rotatable bonds is 4. The van der Waals surface area contributed by atoms with Crippen LogP contribution in [0.15, 0.2) is 267 Å². The largest absolute Gasteiger partial charge is 0.489 e. The van der Waals surface area contributed by atoms with Crippen molar-refractivity contribution in [3.8, 4) is 0 Å². The maximum absolute atomic E-state index is 9.52. The highest BCUT2D eigenvalue weighted by atomic mass is 16.7. The van der Waals surface area contributed by atoms with Crippen LogP contribution in [0, 0.1) is 0 Å². The Balaban J connectivity index is 0.000000216. The lowest BCUT2D eigenvalue weighted by molar-refractivity contribution is 0.309. The van der Waals surface area contributed by atoms with Crippen LogP contribution in [0.2, 0.25) is 0 Å². The molecule has 2 N–H and O–H groups in total. The monoisotopic (exact) mass is 1030 g/mol. The van der Waals surface area contributed by atoms with Crippen LogP contribution in [-0.4, -0.2) is 38.5 Å². The van der Waals surface area contributed by atoms with Gasteiger partial charge in [-0.05, 0) is 200 Å². The summed E-state index contributed by atoms with van der Waals surface area (Å²) >= 11 is 0. The van der Waals surface area contributed by atoms with Gasteiger partial charge in [-0.1, -0.05) is 218 Å². The molecule has 5 nitrogen and oxygen atoms in total. The van der Waals surface area contributed by atoms with Crippen LogP contribution in [0.3, 0.4) is 0 Å². The lowest BCUT2D eigenvalue weighted by Gasteiger charge is -2.33. The topological polar surface area (TPSA) is 68.2 Å². The zero-order valence-corrected chi connectivity index (χ0v) is 43.8. The Kier molecular flexibility index (Phi) is 11.3. The minimum Gasteiger partial charge on any atom is -0.445 e. The zero-order valence-electron chi connectivity index (χ0n) is 43.8. The molecule has 0 aromatic heterocycles. The fourth-order valence-electron chi connectivity index (χ4n) is 12.9. The van der Waals surface area contributed by atoms with Gasteiger partial charge in [0.1, 0.15) is 0 Å². The minimum absolute atomic E-state index is 0.544. The molecule has 1 heterocycles. The summed E-state index contributed by atoms with van der Waals surface area (Å²) in [5.41, 5.74) is 3.45. The Hall–Kier alpha value is -9.30. The Labute approximate surface area is 467 Å². The molecule has 0 radical (unpaired) electrons. The fourth-order valence-corrected chi connectivity index (χ4v) is 12.9. The summed E-state index contributed by atoms with van der Waals surface area (Å²) in [5.74, 6) is 0. The Morgan fingerprint density at radius 2 is 0.469 bits per heavy atom. The third-order valence-electron chi connectivity index (χ3n) is 16.9. The molecule has 9 heteroatoms. The lowest BCUT2D eigenvalue weighted by Crippen LogP contribution is -2.61. The fraction of sp³-hybridized carbons (Fsp3) is 0. The van der Waals surface area contributed by atoms with Crippen LogP contribution in [0.4, 0.5) is 0 Å². The quantitative estimate of drug-likeness (QED) is 0.104. The van der Waals surface area contributed by atoms with E-state index in [2.05, 4.69) is 224 Å². The highest BCUT2D eigenvalue weighted by Crippen LogP contribution is 2.35. The molecular weight excluding hydrogens is 988 g/mol. The summed E-state index contributed by atoms with van der Waals surface area (Å²) in [6.45, 7) is 0. The van der Waals surface area contributed by atoms with Crippen molar-refractivity contribution in [2.24, 2.45) is 0 Å². The van der Waals surface area contributed by atoms with E-state index in [-0.39, 0.29) is 0 Å². The number of fused-ring (bicyclic) bond motifs is 16. The van der Waals surface area contributed by atoms with Crippen molar-refractivity contribution in [3.05, 3.63) is 267 Å². The van der Waals surface area contributed by atoms with Gasteiger partial charge in [-0.3, -0.25) is 0 Å². The summed E-state index contributed by atoms with van der Waals surface area (Å²) in [5, 5.41) is 47.0. The SMILES string of the molecule is OB(O)c1cccc2c1ccc1cc3ccccc3cc12.c1ccc2cc3c(ccc4c(B5OB(c6cccc7c6ccc6cc8ccccc8cc67)OB(c6cccc7c6ccc6cc8ccccc8cc67)O5)cccc43)cc2c1. The molecule has 0 unspecified atom stereocenters. The van der Waals surface area contributed by atoms with Crippen LogP contribution in [0.1, 0.15) is 0 Å². The van der Waals surface area contributed by atoms with Gasteiger partial charge in [0.2, 0.25) is 0 Å². The van der Waals surface area contributed by atoms with E-state index in [1.807, 2.05) is 36.4 Å². The molecule has 16 aromatic carbocycles. The predicted molar refractivity (Wildman–Crippen MR) is 345 cm³/mol. The smallest absolute Gasteiger partial charge is 0.445 e. The van der Waals surface area contributed by atoms with E-state index in [1.165, 1.54) is 75.4 Å². The Bertz CT molecular complexity index is 4860. The summed E-state index contributed by atoms with van der Waals surface area (Å²) in [7, 11) is -3.63. The molecule has 1 saturated heterocycles.